The van der Waals surface area contributed by atoms with Gasteiger partial charge in [-0.1, -0.05) is 0 Å². The predicted molar refractivity (Wildman–Crippen MR) is 72.1 cm³/mol. The van der Waals surface area contributed by atoms with Crippen LogP contribution in [0, 0.1) is 17.2 Å². The van der Waals surface area contributed by atoms with Gasteiger partial charge in [-0.25, -0.2) is 8.42 Å². The lowest BCUT2D eigenvalue weighted by molar-refractivity contribution is -0.137. The quantitative estimate of drug-likeness (QED) is 0.909. The second-order valence-corrected chi connectivity index (χ2v) is 7.01. The molecule has 1 saturated heterocycles. The number of sulfonamides is 1. The van der Waals surface area contributed by atoms with E-state index in [-0.39, 0.29) is 19.0 Å². The van der Waals surface area contributed by atoms with Gasteiger partial charge in [-0.2, -0.15) is 22.7 Å². The molecule has 0 saturated carbocycles. The van der Waals surface area contributed by atoms with E-state index in [1.54, 1.807) is 0 Å². The largest absolute Gasteiger partial charge is 0.417 e. The summed E-state index contributed by atoms with van der Waals surface area (Å²) in [4.78, 5) is -0.462. The summed E-state index contributed by atoms with van der Waals surface area (Å²) in [5.41, 5.74) is 3.64. The average Bonchev–Trinajstić information content (AvgIpc) is 2.95. The highest BCUT2D eigenvalue weighted by molar-refractivity contribution is 7.89. The van der Waals surface area contributed by atoms with Crippen LogP contribution in [0.3, 0.4) is 0 Å². The lowest BCUT2D eigenvalue weighted by Gasteiger charge is -2.18. The standard InChI is InChI=1S/C13H14F3N3O2S/c14-13(15,16)12-5-11(2-1-10(12)7-18)22(20,21)19-4-3-9(6-17)8-19/h1-2,5,9H,3-4,6,8,17H2. The molecule has 1 aliphatic heterocycles. The van der Waals surface area contributed by atoms with E-state index in [1.165, 1.54) is 6.07 Å². The van der Waals surface area contributed by atoms with Crippen LogP contribution in [0.25, 0.3) is 0 Å². The fraction of sp³-hybridized carbons (Fsp3) is 0.462. The minimum absolute atomic E-state index is 0.00948. The summed E-state index contributed by atoms with van der Waals surface area (Å²) in [5, 5.41) is 8.73. The van der Waals surface area contributed by atoms with Gasteiger partial charge in [-0.15, -0.1) is 0 Å². The maximum Gasteiger partial charge on any atom is 0.417 e. The molecule has 2 N–H and O–H groups in total. The number of nitrogens with zero attached hydrogens (tertiary/aromatic N) is 2. The molecule has 1 unspecified atom stereocenters. The summed E-state index contributed by atoms with van der Waals surface area (Å²) in [6.45, 7) is 0.749. The Hall–Kier alpha value is -1.63. The summed E-state index contributed by atoms with van der Waals surface area (Å²) < 4.78 is 64.7. The minimum atomic E-state index is -4.79. The number of rotatable bonds is 3. The molecule has 1 aromatic carbocycles. The van der Waals surface area contributed by atoms with Crippen LogP contribution in [0.4, 0.5) is 13.2 Å². The molecule has 1 aromatic rings. The molecule has 22 heavy (non-hydrogen) atoms. The highest BCUT2D eigenvalue weighted by atomic mass is 32.2. The molecule has 9 heteroatoms. The third kappa shape index (κ3) is 3.09. The maximum atomic E-state index is 12.9. The second kappa shape index (κ2) is 5.87. The van der Waals surface area contributed by atoms with E-state index in [4.69, 9.17) is 11.0 Å². The van der Waals surface area contributed by atoms with Gasteiger partial charge in [0.05, 0.1) is 22.1 Å². The molecule has 5 nitrogen and oxygen atoms in total. The predicted octanol–water partition coefficient (Wildman–Crippen LogP) is 1.55. The summed E-state index contributed by atoms with van der Waals surface area (Å²) in [6.07, 6.45) is -4.21. The van der Waals surface area contributed by atoms with Crippen LogP contribution < -0.4 is 5.73 Å². The van der Waals surface area contributed by atoms with Crippen LogP contribution in [-0.2, 0) is 16.2 Å². The minimum Gasteiger partial charge on any atom is -0.330 e. The van der Waals surface area contributed by atoms with E-state index in [1.807, 2.05) is 0 Å². The summed E-state index contributed by atoms with van der Waals surface area (Å²) >= 11 is 0. The van der Waals surface area contributed by atoms with E-state index in [9.17, 15) is 21.6 Å². The van der Waals surface area contributed by atoms with E-state index < -0.39 is 32.2 Å². The van der Waals surface area contributed by atoms with Gasteiger partial charge < -0.3 is 5.73 Å². The Morgan fingerprint density at radius 3 is 2.59 bits per heavy atom. The zero-order valence-electron chi connectivity index (χ0n) is 11.5. The highest BCUT2D eigenvalue weighted by Gasteiger charge is 2.37. The van der Waals surface area contributed by atoms with Gasteiger partial charge in [-0.05, 0) is 37.1 Å². The van der Waals surface area contributed by atoms with Gasteiger partial charge in [0.2, 0.25) is 10.0 Å². The van der Waals surface area contributed by atoms with E-state index in [2.05, 4.69) is 0 Å². The molecular formula is C13H14F3N3O2S. The van der Waals surface area contributed by atoms with Gasteiger partial charge >= 0.3 is 6.18 Å². The van der Waals surface area contributed by atoms with E-state index >= 15 is 0 Å². The van der Waals surface area contributed by atoms with Gasteiger partial charge in [0.25, 0.3) is 0 Å². The smallest absolute Gasteiger partial charge is 0.330 e. The van der Waals surface area contributed by atoms with E-state index in [0.29, 0.717) is 19.0 Å². The van der Waals surface area contributed by atoms with Crippen LogP contribution in [0.2, 0.25) is 0 Å². The van der Waals surface area contributed by atoms with Crippen LogP contribution >= 0.6 is 0 Å². The zero-order chi connectivity index (χ0) is 16.5. The van der Waals surface area contributed by atoms with Crippen LogP contribution in [0.15, 0.2) is 23.1 Å². The second-order valence-electron chi connectivity index (χ2n) is 5.07. The Morgan fingerprint density at radius 2 is 2.09 bits per heavy atom. The number of nitrogens with two attached hydrogens (primary N) is 1. The highest BCUT2D eigenvalue weighted by Crippen LogP contribution is 2.34. The molecule has 0 radical (unpaired) electrons. The fourth-order valence-electron chi connectivity index (χ4n) is 2.37. The molecule has 0 spiro atoms. The lowest BCUT2D eigenvalue weighted by atomic mass is 10.1. The monoisotopic (exact) mass is 333 g/mol. The number of hydrogen-bond acceptors (Lipinski definition) is 4. The Balaban J connectivity index is 2.43. The summed E-state index contributed by atoms with van der Waals surface area (Å²) in [6, 6.07) is 3.85. The molecule has 1 fully saturated rings. The van der Waals surface area contributed by atoms with Crippen LogP contribution in [0.5, 0.6) is 0 Å². The molecule has 0 aliphatic carbocycles. The zero-order valence-corrected chi connectivity index (χ0v) is 12.3. The number of benzene rings is 1. The normalized spacial score (nSPS) is 20.0. The maximum absolute atomic E-state index is 12.9. The van der Waals surface area contributed by atoms with Crippen molar-refractivity contribution >= 4 is 10.0 Å². The van der Waals surface area contributed by atoms with Gasteiger partial charge in [-0.3, -0.25) is 0 Å². The molecule has 0 bridgehead atoms. The molecule has 1 aliphatic rings. The fourth-order valence-corrected chi connectivity index (χ4v) is 3.93. The Morgan fingerprint density at radius 1 is 1.41 bits per heavy atom. The summed E-state index contributed by atoms with van der Waals surface area (Å²) in [5.74, 6) is 0.00948. The first-order valence-electron chi connectivity index (χ1n) is 6.51. The Labute approximate surface area is 126 Å². The SMILES string of the molecule is N#Cc1ccc(S(=O)(=O)N2CCC(CN)C2)cc1C(F)(F)F. The molecule has 0 aromatic heterocycles. The first-order valence-corrected chi connectivity index (χ1v) is 7.95. The van der Waals surface area contributed by atoms with Crippen molar-refractivity contribution in [3.63, 3.8) is 0 Å². The number of nitriles is 1. The topological polar surface area (TPSA) is 87.2 Å². The number of halogens is 3. The van der Waals surface area contributed by atoms with Crippen molar-refractivity contribution in [3.8, 4) is 6.07 Å². The molecular weight excluding hydrogens is 319 g/mol. The van der Waals surface area contributed by atoms with E-state index in [0.717, 1.165) is 16.4 Å². The summed E-state index contributed by atoms with van der Waals surface area (Å²) in [7, 11) is -4.02. The third-order valence-corrected chi connectivity index (χ3v) is 5.50. The first-order chi connectivity index (χ1) is 10.2. The Bertz CT molecular complexity index is 710. The van der Waals surface area contributed by atoms with Gasteiger partial charge in [0.1, 0.15) is 0 Å². The van der Waals surface area contributed by atoms with Crippen LogP contribution in [-0.4, -0.2) is 32.4 Å². The first kappa shape index (κ1) is 16.7. The molecule has 120 valence electrons. The van der Waals surface area contributed by atoms with Gasteiger partial charge in [0.15, 0.2) is 0 Å². The molecule has 1 heterocycles. The third-order valence-electron chi connectivity index (χ3n) is 3.64. The van der Waals surface area contributed by atoms with Gasteiger partial charge in [0, 0.05) is 13.1 Å². The molecule has 2 rings (SSSR count). The number of alkyl halides is 3. The van der Waals surface area contributed by atoms with Crippen LogP contribution in [0.1, 0.15) is 17.5 Å². The van der Waals surface area contributed by atoms with Crippen molar-refractivity contribution in [2.24, 2.45) is 11.7 Å². The van der Waals surface area contributed by atoms with Crippen molar-refractivity contribution in [1.82, 2.24) is 4.31 Å². The molecule has 1 atom stereocenters. The lowest BCUT2D eigenvalue weighted by Crippen LogP contribution is -2.30. The molecule has 0 amide bonds. The van der Waals surface area contributed by atoms with Crippen molar-refractivity contribution in [3.05, 3.63) is 29.3 Å². The average molecular weight is 333 g/mol. The van der Waals surface area contributed by atoms with Crippen molar-refractivity contribution in [2.45, 2.75) is 17.5 Å². The number of hydrogen-bond donors (Lipinski definition) is 1. The van der Waals surface area contributed by atoms with Crippen molar-refractivity contribution in [2.75, 3.05) is 19.6 Å². The van der Waals surface area contributed by atoms with Crippen molar-refractivity contribution < 1.29 is 21.6 Å². The Kier molecular flexibility index (Phi) is 4.47. The van der Waals surface area contributed by atoms with Crippen molar-refractivity contribution in [1.29, 1.82) is 5.26 Å².